The second kappa shape index (κ2) is 13.4. The first-order chi connectivity index (χ1) is 20.8. The maximum atomic E-state index is 13.4. The van der Waals surface area contributed by atoms with Crippen LogP contribution in [0.15, 0.2) is 59.9 Å². The van der Waals surface area contributed by atoms with Gasteiger partial charge in [-0.1, -0.05) is 25.5 Å². The van der Waals surface area contributed by atoms with Crippen molar-refractivity contribution in [1.29, 1.82) is 0 Å². The Balaban J connectivity index is 1.79. The minimum absolute atomic E-state index is 0.0106. The lowest BCUT2D eigenvalue weighted by atomic mass is 9.90. The Morgan fingerprint density at radius 3 is 2.27 bits per heavy atom. The van der Waals surface area contributed by atoms with Crippen molar-refractivity contribution >= 4 is 22.3 Å². The van der Waals surface area contributed by atoms with Crippen molar-refractivity contribution < 1.29 is 54.2 Å². The zero-order valence-corrected chi connectivity index (χ0v) is 24.8. The Kier molecular flexibility index (Phi) is 10.5. The number of aliphatic hydroxyl groups is 1. The Morgan fingerprint density at radius 1 is 1.07 bits per heavy atom. The van der Waals surface area contributed by atoms with Crippen molar-refractivity contribution in [3.8, 4) is 11.5 Å². The Bertz CT molecular complexity index is 1620. The van der Waals surface area contributed by atoms with E-state index in [1.165, 1.54) is 36.7 Å². The number of ether oxygens (including phenoxy) is 1. The van der Waals surface area contributed by atoms with Gasteiger partial charge in [-0.25, -0.2) is 18.2 Å². The number of pyridine rings is 2. The van der Waals surface area contributed by atoms with E-state index >= 15 is 0 Å². The van der Waals surface area contributed by atoms with Gasteiger partial charge in [0.15, 0.2) is 14.9 Å². The van der Waals surface area contributed by atoms with E-state index in [2.05, 4.69) is 15.3 Å². The SMILES string of the molecule is CCCc1cc(C(O)(C(F)(F)F)C(F)(F)F)ccc1Oc1ccnc(CN(C=O)C(=O)NC(C)c2ccc(S(C)(=O)=O)nc2)c1. The fourth-order valence-electron chi connectivity index (χ4n) is 4.14. The number of hydrogen-bond acceptors (Lipinski definition) is 8. The number of amides is 3. The fraction of sp³-hybridized carbons (Fsp3) is 0.357. The molecular weight excluding hydrogens is 634 g/mol. The Hall–Kier alpha value is -4.25. The van der Waals surface area contributed by atoms with Crippen molar-refractivity contribution in [3.63, 3.8) is 0 Å². The summed E-state index contributed by atoms with van der Waals surface area (Å²) in [4.78, 5) is 33.1. The number of hydrogen-bond donors (Lipinski definition) is 2. The zero-order chi connectivity index (χ0) is 33.8. The van der Waals surface area contributed by atoms with Crippen LogP contribution in [0.1, 0.15) is 48.7 Å². The van der Waals surface area contributed by atoms with Gasteiger partial charge in [0.25, 0.3) is 5.60 Å². The van der Waals surface area contributed by atoms with Crippen LogP contribution in [0, 0.1) is 0 Å². The second-order valence-electron chi connectivity index (χ2n) is 9.97. The number of imide groups is 1. The molecule has 3 aromatic rings. The summed E-state index contributed by atoms with van der Waals surface area (Å²) in [5.74, 6) is -0.0394. The maximum Gasteiger partial charge on any atom is 0.430 e. The van der Waals surface area contributed by atoms with Gasteiger partial charge in [-0.05, 0) is 48.7 Å². The van der Waals surface area contributed by atoms with Crippen LogP contribution in [-0.4, -0.2) is 59.4 Å². The first-order valence-electron chi connectivity index (χ1n) is 13.1. The van der Waals surface area contributed by atoms with Crippen LogP contribution in [0.3, 0.4) is 0 Å². The lowest BCUT2D eigenvalue weighted by molar-refractivity contribution is -0.376. The van der Waals surface area contributed by atoms with Gasteiger partial charge < -0.3 is 15.2 Å². The van der Waals surface area contributed by atoms with E-state index in [1.54, 1.807) is 13.8 Å². The lowest BCUT2D eigenvalue weighted by Gasteiger charge is -2.33. The number of carbonyl (C=O) groups excluding carboxylic acids is 2. The first-order valence-corrected chi connectivity index (χ1v) is 15.0. The van der Waals surface area contributed by atoms with Gasteiger partial charge in [0.1, 0.15) is 11.5 Å². The molecule has 10 nitrogen and oxygen atoms in total. The molecule has 3 rings (SSSR count). The number of sulfone groups is 1. The average Bonchev–Trinajstić information content (AvgIpc) is 2.95. The standard InChI is InChI=1S/C28H28F6N4O6S/c1-4-5-18-12-20(26(41,27(29,30)31)28(32,33)34)7-8-23(18)44-22-10-11-35-21(13-22)15-38(16-39)25(40)37-17(2)19-6-9-24(36-14-19)45(3,42)43/h6-14,16-17,41H,4-5,15H2,1-3H3,(H,37,40). The van der Waals surface area contributed by atoms with E-state index in [0.717, 1.165) is 17.2 Å². The molecule has 0 aliphatic carbocycles. The largest absolute Gasteiger partial charge is 0.457 e. The summed E-state index contributed by atoms with van der Waals surface area (Å²) in [5.41, 5.74) is -5.97. The smallest absolute Gasteiger partial charge is 0.430 e. The fourth-order valence-corrected chi connectivity index (χ4v) is 4.70. The van der Waals surface area contributed by atoms with E-state index in [1.807, 2.05) is 0 Å². The summed E-state index contributed by atoms with van der Waals surface area (Å²) >= 11 is 0. The zero-order valence-electron chi connectivity index (χ0n) is 24.0. The van der Waals surface area contributed by atoms with E-state index < -0.39 is 45.4 Å². The molecule has 0 fully saturated rings. The number of aromatic nitrogens is 2. The van der Waals surface area contributed by atoms with Gasteiger partial charge in [0, 0.05) is 30.3 Å². The molecule has 1 aromatic carbocycles. The molecule has 2 aromatic heterocycles. The quantitative estimate of drug-likeness (QED) is 0.207. The van der Waals surface area contributed by atoms with Gasteiger partial charge in [0.05, 0.1) is 18.3 Å². The predicted octanol–water partition coefficient (Wildman–Crippen LogP) is 5.37. The van der Waals surface area contributed by atoms with E-state index in [0.29, 0.717) is 24.1 Å². The Labute approximate surface area is 254 Å². The molecule has 2 N–H and O–H groups in total. The van der Waals surface area contributed by atoms with Crippen LogP contribution < -0.4 is 10.1 Å². The van der Waals surface area contributed by atoms with Crippen molar-refractivity contribution in [1.82, 2.24) is 20.2 Å². The van der Waals surface area contributed by atoms with Crippen LogP contribution in [0.5, 0.6) is 11.5 Å². The van der Waals surface area contributed by atoms with Gasteiger partial charge in [-0.15, -0.1) is 0 Å². The van der Waals surface area contributed by atoms with Crippen LogP contribution in [0.2, 0.25) is 0 Å². The molecule has 0 bridgehead atoms. The van der Waals surface area contributed by atoms with E-state index in [9.17, 15) is 49.5 Å². The summed E-state index contributed by atoms with van der Waals surface area (Å²) in [6.45, 7) is 2.87. The first kappa shape index (κ1) is 35.2. The highest BCUT2D eigenvalue weighted by molar-refractivity contribution is 7.90. The average molecular weight is 663 g/mol. The molecule has 0 radical (unpaired) electrons. The number of carbonyl (C=O) groups is 2. The molecule has 0 spiro atoms. The number of aryl methyl sites for hydroxylation is 1. The van der Waals surface area contributed by atoms with Gasteiger partial charge in [-0.2, -0.15) is 26.3 Å². The minimum atomic E-state index is -6.05. The van der Waals surface area contributed by atoms with E-state index in [-0.39, 0.29) is 47.2 Å². The molecule has 244 valence electrons. The molecule has 2 heterocycles. The molecule has 0 aliphatic rings. The molecule has 1 unspecified atom stereocenters. The molecule has 45 heavy (non-hydrogen) atoms. The van der Waals surface area contributed by atoms with Crippen molar-refractivity contribution in [2.45, 2.75) is 62.3 Å². The monoisotopic (exact) mass is 662 g/mol. The van der Waals surface area contributed by atoms with Crippen LogP contribution in [-0.2, 0) is 33.2 Å². The highest BCUT2D eigenvalue weighted by Gasteiger charge is 2.71. The second-order valence-corrected chi connectivity index (χ2v) is 11.9. The number of halogens is 6. The number of alkyl halides is 6. The van der Waals surface area contributed by atoms with Gasteiger partial charge in [-0.3, -0.25) is 14.7 Å². The number of nitrogens with one attached hydrogen (secondary N) is 1. The summed E-state index contributed by atoms with van der Waals surface area (Å²) in [5, 5.41) is 12.2. The highest BCUT2D eigenvalue weighted by atomic mass is 32.2. The third-order valence-electron chi connectivity index (χ3n) is 6.53. The number of rotatable bonds is 11. The molecule has 1 atom stereocenters. The summed E-state index contributed by atoms with van der Waals surface area (Å²) < 4.78 is 109. The van der Waals surface area contributed by atoms with Gasteiger partial charge >= 0.3 is 18.4 Å². The lowest BCUT2D eigenvalue weighted by Crippen LogP contribution is -2.53. The van der Waals surface area contributed by atoms with Crippen molar-refractivity contribution in [3.05, 3.63) is 77.2 Å². The number of urea groups is 1. The van der Waals surface area contributed by atoms with Crippen molar-refractivity contribution in [2.24, 2.45) is 0 Å². The number of nitrogens with zero attached hydrogens (tertiary/aromatic N) is 3. The summed E-state index contributed by atoms with van der Waals surface area (Å²) in [7, 11) is -3.53. The van der Waals surface area contributed by atoms with Crippen LogP contribution >= 0.6 is 0 Å². The molecule has 3 amide bonds. The summed E-state index contributed by atoms with van der Waals surface area (Å²) in [6, 6.07) is 5.80. The highest BCUT2D eigenvalue weighted by Crippen LogP contribution is 2.50. The third kappa shape index (κ3) is 8.08. The molecule has 0 saturated carbocycles. The van der Waals surface area contributed by atoms with E-state index in [4.69, 9.17) is 4.74 Å². The maximum absolute atomic E-state index is 13.4. The van der Waals surface area contributed by atoms with Crippen molar-refractivity contribution in [2.75, 3.05) is 6.26 Å². The predicted molar refractivity (Wildman–Crippen MR) is 147 cm³/mol. The van der Waals surface area contributed by atoms with Gasteiger partial charge in [0.2, 0.25) is 6.41 Å². The third-order valence-corrected chi connectivity index (χ3v) is 7.53. The topological polar surface area (TPSA) is 139 Å². The Morgan fingerprint density at radius 2 is 1.73 bits per heavy atom. The summed E-state index contributed by atoms with van der Waals surface area (Å²) in [6.07, 6.45) is -8.02. The molecule has 0 saturated heterocycles. The normalized spacial score (nSPS) is 13.2. The number of benzene rings is 1. The molecule has 17 heteroatoms. The van der Waals surface area contributed by atoms with Crippen LogP contribution in [0.4, 0.5) is 31.1 Å². The molecule has 0 aliphatic heterocycles. The molecular formula is C28H28F6N4O6S. The minimum Gasteiger partial charge on any atom is -0.457 e. The van der Waals surface area contributed by atoms with Crippen LogP contribution in [0.25, 0.3) is 0 Å².